The van der Waals surface area contributed by atoms with Crippen LogP contribution in [0.2, 0.25) is 0 Å². The molecule has 1 fully saturated rings. The first-order valence-corrected chi connectivity index (χ1v) is 8.99. The molecule has 0 unspecified atom stereocenters. The lowest BCUT2D eigenvalue weighted by Crippen LogP contribution is -2.09. The second-order valence-corrected chi connectivity index (χ2v) is 6.63. The quantitative estimate of drug-likeness (QED) is 0.723. The zero-order valence-corrected chi connectivity index (χ0v) is 14.6. The van der Waals surface area contributed by atoms with E-state index >= 15 is 0 Å². The van der Waals surface area contributed by atoms with Gasteiger partial charge in [0.05, 0.1) is 5.56 Å². The minimum atomic E-state index is -0.997. The van der Waals surface area contributed by atoms with Crippen LogP contribution in [0.1, 0.15) is 54.7 Å². The highest BCUT2D eigenvalue weighted by Crippen LogP contribution is 2.34. The summed E-state index contributed by atoms with van der Waals surface area (Å²) in [7, 11) is 0. The van der Waals surface area contributed by atoms with E-state index in [0.717, 1.165) is 17.5 Å². The molecule has 3 heterocycles. The molecule has 3 aromatic heterocycles. The molecule has 134 valence electrons. The van der Waals surface area contributed by atoms with Crippen LogP contribution in [-0.4, -0.2) is 30.6 Å². The van der Waals surface area contributed by atoms with Gasteiger partial charge in [0.1, 0.15) is 11.5 Å². The van der Waals surface area contributed by atoms with Crippen molar-refractivity contribution in [2.75, 3.05) is 5.32 Å². The molecule has 26 heavy (non-hydrogen) atoms. The predicted octanol–water partition coefficient (Wildman–Crippen LogP) is 3.95. The van der Waals surface area contributed by atoms with Crippen molar-refractivity contribution in [2.24, 2.45) is 0 Å². The fraction of sp³-hybridized carbons (Fsp3) is 0.368. The number of rotatable bonds is 5. The third kappa shape index (κ3) is 3.00. The van der Waals surface area contributed by atoms with Crippen LogP contribution in [-0.2, 0) is 6.42 Å². The molecule has 1 aliphatic rings. The first kappa shape index (κ1) is 16.5. The van der Waals surface area contributed by atoms with Gasteiger partial charge in [0, 0.05) is 29.5 Å². The summed E-state index contributed by atoms with van der Waals surface area (Å²) in [6.45, 7) is 2.17. The number of nitrogens with one attached hydrogen (secondary N) is 1. The second kappa shape index (κ2) is 6.74. The van der Waals surface area contributed by atoms with E-state index in [1.807, 2.05) is 6.20 Å². The van der Waals surface area contributed by atoms with Crippen molar-refractivity contribution in [1.29, 1.82) is 0 Å². The number of aromatic carboxylic acids is 1. The van der Waals surface area contributed by atoms with Crippen LogP contribution >= 0.6 is 0 Å². The van der Waals surface area contributed by atoms with Crippen LogP contribution < -0.4 is 5.32 Å². The highest BCUT2D eigenvalue weighted by Gasteiger charge is 2.22. The Bertz CT molecular complexity index is 942. The van der Waals surface area contributed by atoms with Gasteiger partial charge in [-0.05, 0) is 37.5 Å². The van der Waals surface area contributed by atoms with Gasteiger partial charge in [-0.1, -0.05) is 19.8 Å². The zero-order chi connectivity index (χ0) is 18.1. The first-order chi connectivity index (χ1) is 12.7. The van der Waals surface area contributed by atoms with Gasteiger partial charge in [-0.25, -0.2) is 14.8 Å². The predicted molar refractivity (Wildman–Crippen MR) is 98.9 cm³/mol. The molecular weight excluding hydrogens is 330 g/mol. The van der Waals surface area contributed by atoms with E-state index in [1.54, 1.807) is 6.07 Å². The molecule has 0 aliphatic heterocycles. The van der Waals surface area contributed by atoms with Gasteiger partial charge in [-0.15, -0.1) is 0 Å². The maximum atomic E-state index is 10.9. The van der Waals surface area contributed by atoms with Crippen molar-refractivity contribution >= 4 is 28.8 Å². The molecule has 3 aromatic rings. The molecule has 0 aromatic carbocycles. The summed E-state index contributed by atoms with van der Waals surface area (Å²) in [5.74, 6) is -0.0136. The van der Waals surface area contributed by atoms with Crippen molar-refractivity contribution in [3.63, 3.8) is 0 Å². The lowest BCUT2D eigenvalue weighted by molar-refractivity contribution is 0.0696. The number of carboxylic acids is 1. The number of nitrogens with zero attached hydrogens (tertiary/aromatic N) is 4. The van der Waals surface area contributed by atoms with Crippen LogP contribution in [0.15, 0.2) is 30.6 Å². The SMILES string of the molecule is CCc1cc2cnc(Nc3ccc(C(=O)O)cn3)nc2n1C1CCCC1. The lowest BCUT2D eigenvalue weighted by atomic mass is 10.2. The summed E-state index contributed by atoms with van der Waals surface area (Å²) in [4.78, 5) is 24.1. The molecule has 0 bridgehead atoms. The van der Waals surface area contributed by atoms with Gasteiger partial charge in [0.15, 0.2) is 0 Å². The highest BCUT2D eigenvalue weighted by atomic mass is 16.4. The minimum Gasteiger partial charge on any atom is -0.478 e. The number of carbonyl (C=O) groups is 1. The van der Waals surface area contributed by atoms with E-state index in [0.29, 0.717) is 17.8 Å². The first-order valence-electron chi connectivity index (χ1n) is 8.99. The molecule has 7 heteroatoms. The largest absolute Gasteiger partial charge is 0.478 e. The van der Waals surface area contributed by atoms with Crippen LogP contribution in [0.25, 0.3) is 11.0 Å². The molecule has 0 saturated heterocycles. The standard InChI is InChI=1S/C19H21N5O2/c1-2-14-9-13-11-21-19(22-16-8-7-12(10-20-16)18(25)26)23-17(13)24(14)15-5-3-4-6-15/h7-11,15H,2-6H2,1H3,(H,25,26)(H,20,21,22,23). The van der Waals surface area contributed by atoms with E-state index < -0.39 is 5.97 Å². The Labute approximate surface area is 151 Å². The molecule has 1 aliphatic carbocycles. The van der Waals surface area contributed by atoms with Gasteiger partial charge in [0.25, 0.3) is 0 Å². The van der Waals surface area contributed by atoms with Gasteiger partial charge in [0.2, 0.25) is 5.95 Å². The Balaban J connectivity index is 1.68. The van der Waals surface area contributed by atoms with E-state index in [4.69, 9.17) is 10.1 Å². The van der Waals surface area contributed by atoms with Gasteiger partial charge in [-0.2, -0.15) is 4.98 Å². The third-order valence-electron chi connectivity index (χ3n) is 4.96. The second-order valence-electron chi connectivity index (χ2n) is 6.63. The molecule has 0 amide bonds. The Morgan fingerprint density at radius 2 is 2.08 bits per heavy atom. The fourth-order valence-corrected chi connectivity index (χ4v) is 3.67. The number of aryl methyl sites for hydroxylation is 1. The Morgan fingerprint density at radius 3 is 2.73 bits per heavy atom. The Morgan fingerprint density at radius 1 is 1.27 bits per heavy atom. The van der Waals surface area contributed by atoms with Gasteiger partial charge >= 0.3 is 5.97 Å². The van der Waals surface area contributed by atoms with Crippen molar-refractivity contribution in [3.8, 4) is 0 Å². The molecule has 4 rings (SSSR count). The van der Waals surface area contributed by atoms with Crippen LogP contribution in [0.4, 0.5) is 11.8 Å². The normalized spacial score (nSPS) is 14.8. The molecule has 1 saturated carbocycles. The number of hydrogen-bond acceptors (Lipinski definition) is 5. The van der Waals surface area contributed by atoms with Crippen molar-refractivity contribution in [2.45, 2.75) is 45.1 Å². The summed E-state index contributed by atoms with van der Waals surface area (Å²) in [5, 5.41) is 13.1. The number of carboxylic acid groups (broad SMARTS) is 1. The highest BCUT2D eigenvalue weighted by molar-refractivity contribution is 5.87. The van der Waals surface area contributed by atoms with Gasteiger partial charge < -0.3 is 15.0 Å². The number of hydrogen-bond donors (Lipinski definition) is 2. The Kier molecular flexibility index (Phi) is 4.28. The lowest BCUT2D eigenvalue weighted by Gasteiger charge is -2.16. The van der Waals surface area contributed by atoms with Crippen LogP contribution in [0.3, 0.4) is 0 Å². The smallest absolute Gasteiger partial charge is 0.337 e. The van der Waals surface area contributed by atoms with Crippen LogP contribution in [0, 0.1) is 0 Å². The number of pyridine rings is 1. The average molecular weight is 351 g/mol. The monoisotopic (exact) mass is 351 g/mol. The molecule has 7 nitrogen and oxygen atoms in total. The van der Waals surface area contributed by atoms with E-state index in [-0.39, 0.29) is 5.56 Å². The summed E-state index contributed by atoms with van der Waals surface area (Å²) >= 11 is 0. The van der Waals surface area contributed by atoms with Crippen molar-refractivity contribution in [1.82, 2.24) is 19.5 Å². The number of anilines is 2. The minimum absolute atomic E-state index is 0.148. The summed E-state index contributed by atoms with van der Waals surface area (Å²) in [6, 6.07) is 5.81. The van der Waals surface area contributed by atoms with Crippen molar-refractivity contribution in [3.05, 3.63) is 41.9 Å². The Hall–Kier alpha value is -2.96. The van der Waals surface area contributed by atoms with Gasteiger partial charge in [-0.3, -0.25) is 0 Å². The van der Waals surface area contributed by atoms with E-state index in [2.05, 4.69) is 32.8 Å². The maximum absolute atomic E-state index is 10.9. The zero-order valence-electron chi connectivity index (χ0n) is 14.6. The average Bonchev–Trinajstić information content (AvgIpc) is 3.28. The van der Waals surface area contributed by atoms with E-state index in [9.17, 15) is 4.79 Å². The molecular formula is C19H21N5O2. The van der Waals surface area contributed by atoms with Crippen LogP contribution in [0.5, 0.6) is 0 Å². The van der Waals surface area contributed by atoms with Crippen molar-refractivity contribution < 1.29 is 9.90 Å². The van der Waals surface area contributed by atoms with E-state index in [1.165, 1.54) is 43.6 Å². The third-order valence-corrected chi connectivity index (χ3v) is 4.96. The topological polar surface area (TPSA) is 92.9 Å². The fourth-order valence-electron chi connectivity index (χ4n) is 3.67. The number of aromatic nitrogens is 4. The summed E-state index contributed by atoms with van der Waals surface area (Å²) in [5.41, 5.74) is 2.39. The molecule has 0 radical (unpaired) electrons. The summed E-state index contributed by atoms with van der Waals surface area (Å²) < 4.78 is 2.37. The molecule has 2 N–H and O–H groups in total. The maximum Gasteiger partial charge on any atom is 0.337 e. The summed E-state index contributed by atoms with van der Waals surface area (Å²) in [6.07, 6.45) is 9.05. The molecule has 0 spiro atoms. The molecule has 0 atom stereocenters. The number of fused-ring (bicyclic) bond motifs is 1.